The highest BCUT2D eigenvalue weighted by atomic mass is 16.5. The van der Waals surface area contributed by atoms with E-state index in [1.54, 1.807) is 0 Å². The van der Waals surface area contributed by atoms with Gasteiger partial charge in [-0.1, -0.05) is 50.6 Å². The Morgan fingerprint density at radius 1 is 1.43 bits per heavy atom. The maximum absolute atomic E-state index is 12.6. The van der Waals surface area contributed by atoms with E-state index in [-0.39, 0.29) is 17.9 Å². The smallest absolute Gasteiger partial charge is 0.227 e. The molecule has 2 rings (SSSR count). The Balaban J connectivity index is 1.97. The van der Waals surface area contributed by atoms with Gasteiger partial charge in [0.2, 0.25) is 5.91 Å². The minimum atomic E-state index is -0.0900. The Kier molecular flexibility index (Phi) is 6.21. The second-order valence-electron chi connectivity index (χ2n) is 5.72. The summed E-state index contributed by atoms with van der Waals surface area (Å²) in [5.74, 6) is 0.329. The van der Waals surface area contributed by atoms with Gasteiger partial charge < -0.3 is 15.4 Å². The number of ether oxygens (including phenoxy) is 1. The second kappa shape index (κ2) is 8.15. The Hall–Kier alpha value is -1.39. The van der Waals surface area contributed by atoms with Crippen LogP contribution in [0.25, 0.3) is 0 Å². The summed E-state index contributed by atoms with van der Waals surface area (Å²) in [6, 6.07) is 10.0. The lowest BCUT2D eigenvalue weighted by Crippen LogP contribution is -2.46. The van der Waals surface area contributed by atoms with E-state index in [0.717, 1.165) is 25.1 Å². The molecule has 0 aliphatic carbocycles. The molecule has 1 aliphatic rings. The van der Waals surface area contributed by atoms with Crippen molar-refractivity contribution in [3.05, 3.63) is 35.9 Å². The first-order valence-electron chi connectivity index (χ1n) is 7.87. The van der Waals surface area contributed by atoms with Crippen LogP contribution in [-0.2, 0) is 9.53 Å². The summed E-state index contributed by atoms with van der Waals surface area (Å²) >= 11 is 0. The number of rotatable bonds is 6. The van der Waals surface area contributed by atoms with E-state index in [4.69, 9.17) is 4.74 Å². The first-order chi connectivity index (χ1) is 10.2. The zero-order valence-electron chi connectivity index (χ0n) is 13.0. The molecule has 1 amide bonds. The van der Waals surface area contributed by atoms with Crippen molar-refractivity contribution in [1.82, 2.24) is 10.6 Å². The number of carbonyl (C=O) groups is 1. The third-order valence-corrected chi connectivity index (χ3v) is 4.16. The standard InChI is InChI=1S/C17H26N2O2/c1-3-13(2)16(14-7-5-4-6-8-14)17(20)19-12-15-11-18-9-10-21-15/h4-8,13,15-16,18H,3,9-12H2,1-2H3,(H,19,20). The van der Waals surface area contributed by atoms with Gasteiger partial charge in [0.25, 0.3) is 0 Å². The molecule has 1 fully saturated rings. The first kappa shape index (κ1) is 16.0. The summed E-state index contributed by atoms with van der Waals surface area (Å²) in [5.41, 5.74) is 1.09. The van der Waals surface area contributed by atoms with Crippen LogP contribution in [0.5, 0.6) is 0 Å². The number of morpholine rings is 1. The summed E-state index contributed by atoms with van der Waals surface area (Å²) in [7, 11) is 0. The van der Waals surface area contributed by atoms with Gasteiger partial charge >= 0.3 is 0 Å². The van der Waals surface area contributed by atoms with Crippen LogP contribution >= 0.6 is 0 Å². The molecule has 3 unspecified atom stereocenters. The number of amides is 1. The molecule has 1 heterocycles. The summed E-state index contributed by atoms with van der Waals surface area (Å²) in [6.45, 7) is 7.25. The predicted octanol–water partition coefficient (Wildman–Crippen LogP) is 1.92. The summed E-state index contributed by atoms with van der Waals surface area (Å²) in [5, 5.41) is 6.34. The van der Waals surface area contributed by atoms with Gasteiger partial charge in [-0.15, -0.1) is 0 Å². The van der Waals surface area contributed by atoms with E-state index in [9.17, 15) is 4.79 Å². The van der Waals surface area contributed by atoms with Crippen molar-refractivity contribution in [1.29, 1.82) is 0 Å². The molecule has 1 aromatic rings. The van der Waals surface area contributed by atoms with Crippen molar-refractivity contribution in [2.75, 3.05) is 26.2 Å². The SMILES string of the molecule is CCC(C)C(C(=O)NCC1CNCCO1)c1ccccc1. The number of hydrogen-bond donors (Lipinski definition) is 2. The Morgan fingerprint density at radius 3 is 2.81 bits per heavy atom. The molecule has 0 radical (unpaired) electrons. The van der Waals surface area contributed by atoms with Gasteiger partial charge in [-0.25, -0.2) is 0 Å². The van der Waals surface area contributed by atoms with Gasteiger partial charge in [0.15, 0.2) is 0 Å². The molecule has 4 heteroatoms. The fourth-order valence-electron chi connectivity index (χ4n) is 2.71. The topological polar surface area (TPSA) is 50.4 Å². The van der Waals surface area contributed by atoms with Crippen molar-refractivity contribution >= 4 is 5.91 Å². The third kappa shape index (κ3) is 4.55. The molecule has 0 bridgehead atoms. The Morgan fingerprint density at radius 2 is 2.19 bits per heavy atom. The van der Waals surface area contributed by atoms with Crippen molar-refractivity contribution in [3.63, 3.8) is 0 Å². The molecule has 116 valence electrons. The number of hydrogen-bond acceptors (Lipinski definition) is 3. The maximum atomic E-state index is 12.6. The van der Waals surface area contributed by atoms with Gasteiger partial charge in [-0.05, 0) is 11.5 Å². The van der Waals surface area contributed by atoms with E-state index in [1.807, 2.05) is 30.3 Å². The molecule has 1 saturated heterocycles. The minimum absolute atomic E-state index is 0.0797. The zero-order valence-corrected chi connectivity index (χ0v) is 13.0. The van der Waals surface area contributed by atoms with Crippen LogP contribution in [0.4, 0.5) is 0 Å². The monoisotopic (exact) mass is 290 g/mol. The molecular weight excluding hydrogens is 264 g/mol. The molecule has 2 N–H and O–H groups in total. The van der Waals surface area contributed by atoms with E-state index in [0.29, 0.717) is 19.1 Å². The summed E-state index contributed by atoms with van der Waals surface area (Å²) in [6.07, 6.45) is 1.06. The molecule has 0 aromatic heterocycles. The normalized spacial score (nSPS) is 21.5. The summed E-state index contributed by atoms with van der Waals surface area (Å²) < 4.78 is 5.62. The van der Waals surface area contributed by atoms with E-state index in [2.05, 4.69) is 24.5 Å². The molecule has 1 aromatic carbocycles. The van der Waals surface area contributed by atoms with Crippen LogP contribution < -0.4 is 10.6 Å². The van der Waals surface area contributed by atoms with Gasteiger partial charge in [-0.2, -0.15) is 0 Å². The van der Waals surface area contributed by atoms with Crippen LogP contribution in [0, 0.1) is 5.92 Å². The first-order valence-corrected chi connectivity index (χ1v) is 7.87. The maximum Gasteiger partial charge on any atom is 0.227 e. The fourth-order valence-corrected chi connectivity index (χ4v) is 2.71. The van der Waals surface area contributed by atoms with Crippen LogP contribution in [0.1, 0.15) is 31.7 Å². The molecule has 3 atom stereocenters. The van der Waals surface area contributed by atoms with Gasteiger partial charge in [0.1, 0.15) is 0 Å². The largest absolute Gasteiger partial charge is 0.374 e. The molecule has 0 saturated carbocycles. The minimum Gasteiger partial charge on any atom is -0.374 e. The van der Waals surface area contributed by atoms with E-state index in [1.165, 1.54) is 0 Å². The quantitative estimate of drug-likeness (QED) is 0.841. The molecule has 4 nitrogen and oxygen atoms in total. The number of nitrogens with one attached hydrogen (secondary N) is 2. The van der Waals surface area contributed by atoms with Gasteiger partial charge in [0, 0.05) is 19.6 Å². The highest BCUT2D eigenvalue weighted by Gasteiger charge is 2.26. The van der Waals surface area contributed by atoms with Crippen molar-refractivity contribution in [2.45, 2.75) is 32.3 Å². The third-order valence-electron chi connectivity index (χ3n) is 4.16. The predicted molar refractivity (Wildman–Crippen MR) is 84.3 cm³/mol. The molecular formula is C17H26N2O2. The lowest BCUT2D eigenvalue weighted by Gasteiger charge is -2.26. The lowest BCUT2D eigenvalue weighted by atomic mass is 9.85. The average molecular weight is 290 g/mol. The van der Waals surface area contributed by atoms with Crippen LogP contribution in [0.15, 0.2) is 30.3 Å². The zero-order chi connectivity index (χ0) is 15.1. The van der Waals surface area contributed by atoms with Crippen molar-refractivity contribution in [2.24, 2.45) is 5.92 Å². The number of carbonyl (C=O) groups excluding carboxylic acids is 1. The fraction of sp³-hybridized carbons (Fsp3) is 0.588. The molecule has 1 aliphatic heterocycles. The molecule has 0 spiro atoms. The van der Waals surface area contributed by atoms with Gasteiger partial charge in [0.05, 0.1) is 18.6 Å². The Bertz CT molecular complexity index is 430. The van der Waals surface area contributed by atoms with Gasteiger partial charge in [-0.3, -0.25) is 4.79 Å². The van der Waals surface area contributed by atoms with Crippen LogP contribution in [0.3, 0.4) is 0 Å². The Labute approximate surface area is 127 Å². The van der Waals surface area contributed by atoms with E-state index >= 15 is 0 Å². The van der Waals surface area contributed by atoms with Crippen LogP contribution in [-0.4, -0.2) is 38.3 Å². The van der Waals surface area contributed by atoms with Crippen molar-refractivity contribution < 1.29 is 9.53 Å². The van der Waals surface area contributed by atoms with E-state index < -0.39 is 0 Å². The van der Waals surface area contributed by atoms with Crippen molar-refractivity contribution in [3.8, 4) is 0 Å². The number of benzene rings is 1. The lowest BCUT2D eigenvalue weighted by molar-refractivity contribution is -0.124. The molecule has 21 heavy (non-hydrogen) atoms. The average Bonchev–Trinajstić information content (AvgIpc) is 2.55. The second-order valence-corrected chi connectivity index (χ2v) is 5.72. The van der Waals surface area contributed by atoms with Crippen LogP contribution in [0.2, 0.25) is 0 Å². The highest BCUT2D eigenvalue weighted by Crippen LogP contribution is 2.27. The highest BCUT2D eigenvalue weighted by molar-refractivity contribution is 5.84. The summed E-state index contributed by atoms with van der Waals surface area (Å²) in [4.78, 5) is 12.6.